The van der Waals surface area contributed by atoms with Gasteiger partial charge in [-0.2, -0.15) is 13.2 Å². The van der Waals surface area contributed by atoms with Gasteiger partial charge in [-0.25, -0.2) is 4.39 Å². The van der Waals surface area contributed by atoms with E-state index in [4.69, 9.17) is 0 Å². The summed E-state index contributed by atoms with van der Waals surface area (Å²) in [6.07, 6.45) is -4.71. The average Bonchev–Trinajstić information content (AvgIpc) is 2.68. The second kappa shape index (κ2) is 8.87. The molecule has 2 heterocycles. The Hall–Kier alpha value is -1.87. The Balaban J connectivity index is 1.50. The number of carbonyl (C=O) groups is 1. The van der Waals surface area contributed by atoms with Gasteiger partial charge in [-0.05, 0) is 32.0 Å². The summed E-state index contributed by atoms with van der Waals surface area (Å²) < 4.78 is 52.3. The molecule has 0 atom stereocenters. The molecule has 0 bridgehead atoms. The molecule has 1 amide bonds. The molecule has 0 spiro atoms. The van der Waals surface area contributed by atoms with Crippen molar-refractivity contribution in [3.63, 3.8) is 0 Å². The SMILES string of the molecule is CC(C)N1CCN(C(=O)CN2CCN(c3ccc(F)c(C(F)(F)F)c3)CC2)CC1. The molecule has 3 rings (SSSR count). The molecule has 2 saturated heterocycles. The number of rotatable bonds is 4. The molecule has 29 heavy (non-hydrogen) atoms. The third kappa shape index (κ3) is 5.39. The fourth-order valence-electron chi connectivity index (χ4n) is 3.87. The van der Waals surface area contributed by atoms with Crippen LogP contribution >= 0.6 is 0 Å². The smallest absolute Gasteiger partial charge is 0.369 e. The van der Waals surface area contributed by atoms with Gasteiger partial charge in [0.1, 0.15) is 5.82 Å². The van der Waals surface area contributed by atoms with Crippen molar-refractivity contribution >= 4 is 11.6 Å². The van der Waals surface area contributed by atoms with Gasteiger partial charge in [-0.3, -0.25) is 14.6 Å². The van der Waals surface area contributed by atoms with E-state index in [0.29, 0.717) is 44.5 Å². The number of carbonyl (C=O) groups excluding carboxylic acids is 1. The van der Waals surface area contributed by atoms with Crippen molar-refractivity contribution in [3.05, 3.63) is 29.6 Å². The van der Waals surface area contributed by atoms with Gasteiger partial charge in [0, 0.05) is 64.1 Å². The maximum absolute atomic E-state index is 13.5. The van der Waals surface area contributed by atoms with Gasteiger partial charge >= 0.3 is 6.18 Å². The van der Waals surface area contributed by atoms with Crippen LogP contribution in [0.3, 0.4) is 0 Å². The Bertz CT molecular complexity index is 709. The van der Waals surface area contributed by atoms with Crippen molar-refractivity contribution in [2.45, 2.75) is 26.1 Å². The van der Waals surface area contributed by atoms with E-state index < -0.39 is 17.6 Å². The first-order valence-corrected chi connectivity index (χ1v) is 10.0. The van der Waals surface area contributed by atoms with Gasteiger partial charge in [0.15, 0.2) is 0 Å². The molecular formula is C20H28F4N4O. The van der Waals surface area contributed by atoms with Crippen LogP contribution in [-0.2, 0) is 11.0 Å². The van der Waals surface area contributed by atoms with E-state index in [-0.39, 0.29) is 5.91 Å². The molecule has 1 aromatic carbocycles. The fourth-order valence-corrected chi connectivity index (χ4v) is 3.87. The molecule has 2 aliphatic rings. The molecule has 0 radical (unpaired) electrons. The van der Waals surface area contributed by atoms with Crippen molar-refractivity contribution in [3.8, 4) is 0 Å². The molecule has 2 fully saturated rings. The van der Waals surface area contributed by atoms with Crippen molar-refractivity contribution < 1.29 is 22.4 Å². The number of hydrogen-bond acceptors (Lipinski definition) is 4. The number of alkyl halides is 3. The van der Waals surface area contributed by atoms with Crippen LogP contribution in [0.4, 0.5) is 23.2 Å². The van der Waals surface area contributed by atoms with Crippen molar-refractivity contribution in [1.82, 2.24) is 14.7 Å². The van der Waals surface area contributed by atoms with Crippen LogP contribution in [0, 0.1) is 5.82 Å². The average molecular weight is 416 g/mol. The lowest BCUT2D eigenvalue weighted by Gasteiger charge is -2.39. The highest BCUT2D eigenvalue weighted by atomic mass is 19.4. The summed E-state index contributed by atoms with van der Waals surface area (Å²) in [6.45, 7) is 9.99. The number of nitrogens with zero attached hydrogens (tertiary/aromatic N) is 4. The minimum Gasteiger partial charge on any atom is -0.369 e. The Morgan fingerprint density at radius 1 is 1.00 bits per heavy atom. The molecule has 0 saturated carbocycles. The number of anilines is 1. The standard InChI is InChI=1S/C20H28F4N4O/c1-15(2)26-9-11-28(12-10-26)19(29)14-25-5-7-27(8-6-25)16-3-4-18(21)17(13-16)20(22,23)24/h3-4,13,15H,5-12,14H2,1-2H3. The third-order valence-electron chi connectivity index (χ3n) is 5.75. The molecule has 1 aromatic rings. The summed E-state index contributed by atoms with van der Waals surface area (Å²) in [5.41, 5.74) is -0.886. The quantitative estimate of drug-likeness (QED) is 0.706. The summed E-state index contributed by atoms with van der Waals surface area (Å²) in [4.78, 5) is 20.6. The predicted molar refractivity (Wildman–Crippen MR) is 103 cm³/mol. The number of halogens is 4. The van der Waals surface area contributed by atoms with Crippen LogP contribution in [0.25, 0.3) is 0 Å². The normalized spacial score (nSPS) is 19.8. The first-order valence-electron chi connectivity index (χ1n) is 10.0. The van der Waals surface area contributed by atoms with Crippen molar-refractivity contribution in [2.24, 2.45) is 0 Å². The Labute approximate surface area is 168 Å². The maximum atomic E-state index is 13.5. The van der Waals surface area contributed by atoms with Crippen LogP contribution in [-0.4, -0.2) is 85.6 Å². The molecule has 0 N–H and O–H groups in total. The Morgan fingerprint density at radius 3 is 2.17 bits per heavy atom. The molecule has 5 nitrogen and oxygen atoms in total. The predicted octanol–water partition coefficient (Wildman–Crippen LogP) is 2.52. The van der Waals surface area contributed by atoms with E-state index in [1.165, 1.54) is 6.07 Å². The van der Waals surface area contributed by atoms with E-state index in [1.54, 1.807) is 4.90 Å². The lowest BCUT2D eigenvalue weighted by molar-refractivity contribution is -0.140. The van der Waals surface area contributed by atoms with Gasteiger partial charge < -0.3 is 9.80 Å². The van der Waals surface area contributed by atoms with Gasteiger partial charge in [-0.15, -0.1) is 0 Å². The highest BCUT2D eigenvalue weighted by Crippen LogP contribution is 2.34. The molecule has 0 unspecified atom stereocenters. The second-order valence-electron chi connectivity index (χ2n) is 7.94. The summed E-state index contributed by atoms with van der Waals surface area (Å²) in [7, 11) is 0. The highest BCUT2D eigenvalue weighted by molar-refractivity contribution is 5.78. The lowest BCUT2D eigenvalue weighted by Crippen LogP contribution is -2.54. The first kappa shape index (κ1) is 21.8. The lowest BCUT2D eigenvalue weighted by atomic mass is 10.1. The first-order chi connectivity index (χ1) is 13.6. The van der Waals surface area contributed by atoms with Crippen LogP contribution in [0.1, 0.15) is 19.4 Å². The van der Waals surface area contributed by atoms with E-state index in [2.05, 4.69) is 18.7 Å². The molecule has 162 valence electrons. The fraction of sp³-hybridized carbons (Fsp3) is 0.650. The second-order valence-corrected chi connectivity index (χ2v) is 7.94. The highest BCUT2D eigenvalue weighted by Gasteiger charge is 2.35. The maximum Gasteiger partial charge on any atom is 0.419 e. The summed E-state index contributed by atoms with van der Waals surface area (Å²) in [5.74, 6) is -1.16. The Morgan fingerprint density at radius 2 is 1.62 bits per heavy atom. The van der Waals surface area contributed by atoms with Gasteiger partial charge in [-0.1, -0.05) is 0 Å². The van der Waals surface area contributed by atoms with Gasteiger partial charge in [0.25, 0.3) is 0 Å². The van der Waals surface area contributed by atoms with E-state index in [1.807, 2.05) is 9.80 Å². The van der Waals surface area contributed by atoms with Crippen molar-refractivity contribution in [1.29, 1.82) is 0 Å². The zero-order valence-electron chi connectivity index (χ0n) is 16.9. The van der Waals surface area contributed by atoms with Gasteiger partial charge in [0.2, 0.25) is 5.91 Å². The number of benzene rings is 1. The summed E-state index contributed by atoms with van der Waals surface area (Å²) in [5, 5.41) is 0. The van der Waals surface area contributed by atoms with Crippen LogP contribution < -0.4 is 4.90 Å². The number of hydrogen-bond donors (Lipinski definition) is 0. The molecule has 9 heteroatoms. The number of piperazine rings is 2. The van der Waals surface area contributed by atoms with E-state index in [9.17, 15) is 22.4 Å². The minimum absolute atomic E-state index is 0.1000. The largest absolute Gasteiger partial charge is 0.419 e. The molecular weight excluding hydrogens is 388 g/mol. The van der Waals surface area contributed by atoms with Crippen molar-refractivity contribution in [2.75, 3.05) is 63.8 Å². The summed E-state index contributed by atoms with van der Waals surface area (Å²) >= 11 is 0. The monoisotopic (exact) mass is 416 g/mol. The van der Waals surface area contributed by atoms with E-state index in [0.717, 1.165) is 38.3 Å². The zero-order chi connectivity index (χ0) is 21.2. The molecule has 2 aliphatic heterocycles. The zero-order valence-corrected chi connectivity index (χ0v) is 16.9. The number of amides is 1. The van der Waals surface area contributed by atoms with E-state index >= 15 is 0 Å². The van der Waals surface area contributed by atoms with Gasteiger partial charge in [0.05, 0.1) is 12.1 Å². The topological polar surface area (TPSA) is 30.0 Å². The minimum atomic E-state index is -4.71. The summed E-state index contributed by atoms with van der Waals surface area (Å²) in [6, 6.07) is 3.58. The van der Waals surface area contributed by atoms with Crippen LogP contribution in [0.15, 0.2) is 18.2 Å². The third-order valence-corrected chi connectivity index (χ3v) is 5.75. The van der Waals surface area contributed by atoms with Crippen LogP contribution in [0.2, 0.25) is 0 Å². The molecule has 0 aromatic heterocycles. The Kier molecular flexibility index (Phi) is 6.68. The molecule has 0 aliphatic carbocycles. The van der Waals surface area contributed by atoms with Crippen LogP contribution in [0.5, 0.6) is 0 Å².